The average molecular weight is 382 g/mol. The van der Waals surface area contributed by atoms with Gasteiger partial charge in [0.15, 0.2) is 0 Å². The maximum Gasteiger partial charge on any atom is 0.253 e. The van der Waals surface area contributed by atoms with Crippen molar-refractivity contribution < 1.29 is 14.4 Å². The van der Waals surface area contributed by atoms with E-state index in [2.05, 4.69) is 9.97 Å². The van der Waals surface area contributed by atoms with E-state index in [0.717, 1.165) is 23.3 Å². The summed E-state index contributed by atoms with van der Waals surface area (Å²) in [7, 11) is 0. The number of carbonyl (C=O) groups is 3. The molecule has 0 aliphatic carbocycles. The highest BCUT2D eigenvalue weighted by Crippen LogP contribution is 2.17. The van der Waals surface area contributed by atoms with E-state index in [1.165, 1.54) is 6.92 Å². The highest BCUT2D eigenvalue weighted by atomic mass is 16.2. The second-order valence-corrected chi connectivity index (χ2v) is 7.33. The van der Waals surface area contributed by atoms with Crippen LogP contribution in [0.1, 0.15) is 47.9 Å². The van der Waals surface area contributed by atoms with Gasteiger partial charge >= 0.3 is 0 Å². The van der Waals surface area contributed by atoms with Crippen LogP contribution in [-0.4, -0.2) is 63.5 Å². The first kappa shape index (κ1) is 19.9. The van der Waals surface area contributed by atoms with Gasteiger partial charge in [-0.2, -0.15) is 0 Å². The Morgan fingerprint density at radius 3 is 2.25 bits per heavy atom. The first-order chi connectivity index (χ1) is 13.3. The van der Waals surface area contributed by atoms with E-state index in [0.29, 0.717) is 37.3 Å². The minimum absolute atomic E-state index is 0.0173. The maximum atomic E-state index is 13.0. The molecule has 0 spiro atoms. The summed E-state index contributed by atoms with van der Waals surface area (Å²) in [6.45, 7) is 7.51. The van der Waals surface area contributed by atoms with E-state index in [9.17, 15) is 14.4 Å². The zero-order chi connectivity index (χ0) is 20.3. The van der Waals surface area contributed by atoms with Crippen LogP contribution in [-0.2, 0) is 9.59 Å². The molecule has 2 heterocycles. The lowest BCUT2D eigenvalue weighted by molar-refractivity contribution is -0.132. The number of hydrogen-bond donors (Lipinski definition) is 0. The van der Waals surface area contributed by atoms with Crippen molar-refractivity contribution in [3.05, 3.63) is 35.2 Å². The lowest BCUT2D eigenvalue weighted by Crippen LogP contribution is -2.37. The van der Waals surface area contributed by atoms with Crippen LogP contribution in [0.4, 0.5) is 0 Å². The van der Waals surface area contributed by atoms with Crippen molar-refractivity contribution in [3.8, 4) is 0 Å². The largest absolute Gasteiger partial charge is 0.341 e. The number of fused-ring (bicyclic) bond motifs is 1. The predicted molar refractivity (Wildman–Crippen MR) is 106 cm³/mol. The molecule has 0 unspecified atom stereocenters. The molecule has 2 amide bonds. The predicted octanol–water partition coefficient (Wildman–Crippen LogP) is 2.29. The first-order valence-electron chi connectivity index (χ1n) is 9.66. The number of nitrogens with zero attached hydrogens (tertiary/aromatic N) is 4. The number of Topliss-reactive ketones (excluding diaryl/α,β-unsaturated/α-hetero) is 1. The zero-order valence-electron chi connectivity index (χ0n) is 16.7. The quantitative estimate of drug-likeness (QED) is 0.810. The van der Waals surface area contributed by atoms with Crippen LogP contribution >= 0.6 is 0 Å². The van der Waals surface area contributed by atoms with Crippen LogP contribution in [0.5, 0.6) is 0 Å². The average Bonchev–Trinajstić information content (AvgIpc) is 2.92. The molecule has 0 saturated carbocycles. The van der Waals surface area contributed by atoms with E-state index in [4.69, 9.17) is 0 Å². The van der Waals surface area contributed by atoms with Crippen molar-refractivity contribution in [3.63, 3.8) is 0 Å². The standard InChI is InChI=1S/C21H26N4O3/c1-14(26)5-8-20(27)24-9-4-10-25(12-11-24)21(28)17-6-7-18-19(13-17)23-16(3)15(2)22-18/h6-7,13H,4-5,8-12H2,1-3H3. The number of hydrogen-bond acceptors (Lipinski definition) is 5. The van der Waals surface area contributed by atoms with E-state index in [1.807, 2.05) is 19.9 Å². The number of carbonyl (C=O) groups excluding carboxylic acids is 3. The van der Waals surface area contributed by atoms with Crippen molar-refractivity contribution in [1.82, 2.24) is 19.8 Å². The Balaban J connectivity index is 1.69. The molecule has 1 aromatic carbocycles. The first-order valence-corrected chi connectivity index (χ1v) is 9.66. The van der Waals surface area contributed by atoms with Crippen LogP contribution in [0.3, 0.4) is 0 Å². The molecule has 2 aromatic rings. The zero-order valence-corrected chi connectivity index (χ0v) is 16.7. The molecule has 0 atom stereocenters. The molecule has 0 N–H and O–H groups in total. The summed E-state index contributed by atoms with van der Waals surface area (Å²) in [5.41, 5.74) is 3.81. The van der Waals surface area contributed by atoms with E-state index < -0.39 is 0 Å². The molecule has 148 valence electrons. The number of amides is 2. The highest BCUT2D eigenvalue weighted by Gasteiger charge is 2.23. The van der Waals surface area contributed by atoms with Gasteiger partial charge < -0.3 is 14.6 Å². The molecule has 0 bridgehead atoms. The summed E-state index contributed by atoms with van der Waals surface area (Å²) in [5, 5.41) is 0. The number of ketones is 1. The smallest absolute Gasteiger partial charge is 0.253 e. The Hall–Kier alpha value is -2.83. The Bertz CT molecular complexity index is 925. The minimum Gasteiger partial charge on any atom is -0.341 e. The molecule has 1 aromatic heterocycles. The van der Waals surface area contributed by atoms with E-state index in [1.54, 1.807) is 21.9 Å². The summed E-state index contributed by atoms with van der Waals surface area (Å²) in [6, 6.07) is 5.41. The third-order valence-electron chi connectivity index (χ3n) is 5.15. The molecular weight excluding hydrogens is 356 g/mol. The maximum absolute atomic E-state index is 13.0. The summed E-state index contributed by atoms with van der Waals surface area (Å²) in [6.07, 6.45) is 1.24. The third-order valence-corrected chi connectivity index (χ3v) is 5.15. The van der Waals surface area contributed by atoms with Gasteiger partial charge in [-0.3, -0.25) is 9.59 Å². The van der Waals surface area contributed by atoms with Crippen molar-refractivity contribution >= 4 is 28.6 Å². The van der Waals surface area contributed by atoms with Gasteiger partial charge in [0.1, 0.15) is 5.78 Å². The lowest BCUT2D eigenvalue weighted by atomic mass is 10.1. The highest BCUT2D eigenvalue weighted by molar-refractivity contribution is 5.97. The number of aromatic nitrogens is 2. The molecule has 7 nitrogen and oxygen atoms in total. The van der Waals surface area contributed by atoms with Crippen molar-refractivity contribution in [2.75, 3.05) is 26.2 Å². The molecule has 0 radical (unpaired) electrons. The minimum atomic E-state index is -0.0556. The van der Waals surface area contributed by atoms with Crippen LogP contribution in [0.15, 0.2) is 18.2 Å². The molecule has 28 heavy (non-hydrogen) atoms. The van der Waals surface area contributed by atoms with Gasteiger partial charge in [0.2, 0.25) is 5.91 Å². The summed E-state index contributed by atoms with van der Waals surface area (Å²) >= 11 is 0. The summed E-state index contributed by atoms with van der Waals surface area (Å²) in [4.78, 5) is 48.9. The molecule has 1 fully saturated rings. The SMILES string of the molecule is CC(=O)CCC(=O)N1CCCN(C(=O)c2ccc3nc(C)c(C)nc3c2)CC1. The number of rotatable bonds is 4. The Kier molecular flexibility index (Phi) is 6.02. The van der Waals surface area contributed by atoms with Crippen LogP contribution in [0.2, 0.25) is 0 Å². The van der Waals surface area contributed by atoms with Gasteiger partial charge in [0, 0.05) is 44.6 Å². The van der Waals surface area contributed by atoms with Crippen LogP contribution in [0.25, 0.3) is 11.0 Å². The number of benzene rings is 1. The molecule has 7 heteroatoms. The van der Waals surface area contributed by atoms with Crippen molar-refractivity contribution in [2.24, 2.45) is 0 Å². The Morgan fingerprint density at radius 1 is 0.893 bits per heavy atom. The van der Waals surface area contributed by atoms with Gasteiger partial charge in [0.25, 0.3) is 5.91 Å². The molecular formula is C21H26N4O3. The molecule has 1 aliphatic rings. The van der Waals surface area contributed by atoms with Gasteiger partial charge in [-0.05, 0) is 45.4 Å². The van der Waals surface area contributed by atoms with E-state index in [-0.39, 0.29) is 30.4 Å². The van der Waals surface area contributed by atoms with Crippen molar-refractivity contribution in [2.45, 2.75) is 40.0 Å². The van der Waals surface area contributed by atoms with Gasteiger partial charge in [-0.15, -0.1) is 0 Å². The molecule has 3 rings (SSSR count). The summed E-state index contributed by atoms with van der Waals surface area (Å²) < 4.78 is 0. The molecule has 1 aliphatic heterocycles. The monoisotopic (exact) mass is 382 g/mol. The second kappa shape index (κ2) is 8.46. The van der Waals surface area contributed by atoms with Crippen LogP contribution in [0, 0.1) is 13.8 Å². The van der Waals surface area contributed by atoms with Gasteiger partial charge in [0.05, 0.1) is 22.4 Å². The van der Waals surface area contributed by atoms with Crippen molar-refractivity contribution in [1.29, 1.82) is 0 Å². The third kappa shape index (κ3) is 4.52. The topological polar surface area (TPSA) is 83.5 Å². The normalized spacial score (nSPS) is 14.8. The fraction of sp³-hybridized carbons (Fsp3) is 0.476. The van der Waals surface area contributed by atoms with Crippen LogP contribution < -0.4 is 0 Å². The fourth-order valence-electron chi connectivity index (χ4n) is 3.36. The molecule has 1 saturated heterocycles. The Morgan fingerprint density at radius 2 is 1.54 bits per heavy atom. The van der Waals surface area contributed by atoms with Gasteiger partial charge in [-0.1, -0.05) is 0 Å². The van der Waals surface area contributed by atoms with E-state index >= 15 is 0 Å². The fourth-order valence-corrected chi connectivity index (χ4v) is 3.36. The summed E-state index contributed by atoms with van der Waals surface area (Å²) in [5.74, 6) is -0.0545. The second-order valence-electron chi connectivity index (χ2n) is 7.33. The lowest BCUT2D eigenvalue weighted by Gasteiger charge is -2.22. The number of aryl methyl sites for hydroxylation is 2. The Labute approximate surface area is 164 Å². The van der Waals surface area contributed by atoms with Gasteiger partial charge in [-0.25, -0.2) is 9.97 Å².